The summed E-state index contributed by atoms with van der Waals surface area (Å²) in [5, 5.41) is 0. The zero-order valence-electron chi connectivity index (χ0n) is 11.9. The third kappa shape index (κ3) is 4.30. The van der Waals surface area contributed by atoms with E-state index >= 15 is 0 Å². The van der Waals surface area contributed by atoms with Gasteiger partial charge in [-0.25, -0.2) is 0 Å². The molecule has 17 heavy (non-hydrogen) atoms. The van der Waals surface area contributed by atoms with Crippen molar-refractivity contribution in [1.29, 1.82) is 0 Å². The quantitative estimate of drug-likeness (QED) is 0.666. The predicted octanol–water partition coefficient (Wildman–Crippen LogP) is 2.51. The van der Waals surface area contributed by atoms with E-state index in [1.54, 1.807) is 6.92 Å². The zero-order chi connectivity index (χ0) is 12.8. The Morgan fingerprint density at radius 1 is 1.35 bits per heavy atom. The Hall–Kier alpha value is -0.570. The van der Waals surface area contributed by atoms with Gasteiger partial charge >= 0.3 is 0 Å². The highest BCUT2D eigenvalue weighted by molar-refractivity contribution is 5.74. The van der Waals surface area contributed by atoms with E-state index in [2.05, 4.69) is 30.7 Å². The number of nitrogens with zero attached hydrogens (tertiary/aromatic N) is 2. The molecule has 0 bridgehead atoms. The number of rotatable bonds is 6. The number of likely N-dealkylation sites (tertiary alicyclic amines) is 1. The minimum atomic E-state index is 0.238. The van der Waals surface area contributed by atoms with Crippen LogP contribution in [0.25, 0.3) is 0 Å². The summed E-state index contributed by atoms with van der Waals surface area (Å²) in [5.41, 5.74) is 0. The highest BCUT2D eigenvalue weighted by atomic mass is 16.2. The van der Waals surface area contributed by atoms with Crippen LogP contribution < -0.4 is 0 Å². The van der Waals surface area contributed by atoms with E-state index < -0.39 is 0 Å². The van der Waals surface area contributed by atoms with Gasteiger partial charge in [-0.1, -0.05) is 19.8 Å². The SMILES string of the molecule is CCCCCN(C)C[C@H]1CC[C@@H](C)N1C(C)=O. The maximum absolute atomic E-state index is 11.6. The normalized spacial score (nSPS) is 24.6. The first-order chi connectivity index (χ1) is 8.06. The molecule has 0 aromatic heterocycles. The zero-order valence-corrected chi connectivity index (χ0v) is 11.9. The molecule has 1 saturated heterocycles. The Morgan fingerprint density at radius 2 is 2.06 bits per heavy atom. The van der Waals surface area contributed by atoms with E-state index in [9.17, 15) is 4.79 Å². The first-order valence-corrected chi connectivity index (χ1v) is 7.03. The molecule has 0 radical (unpaired) electrons. The second-order valence-electron chi connectivity index (χ2n) is 5.48. The molecule has 0 N–H and O–H groups in total. The van der Waals surface area contributed by atoms with Gasteiger partial charge in [-0.2, -0.15) is 0 Å². The molecule has 2 atom stereocenters. The number of amides is 1. The first-order valence-electron chi connectivity index (χ1n) is 7.03. The number of hydrogen-bond donors (Lipinski definition) is 0. The van der Waals surface area contributed by atoms with Gasteiger partial charge in [-0.15, -0.1) is 0 Å². The number of likely N-dealkylation sites (N-methyl/N-ethyl adjacent to an activating group) is 1. The molecule has 1 heterocycles. The van der Waals surface area contributed by atoms with Gasteiger partial charge in [-0.3, -0.25) is 4.79 Å². The first kappa shape index (κ1) is 14.5. The van der Waals surface area contributed by atoms with Crippen molar-refractivity contribution in [2.24, 2.45) is 0 Å². The molecule has 0 spiro atoms. The lowest BCUT2D eigenvalue weighted by molar-refractivity contribution is -0.131. The largest absolute Gasteiger partial charge is 0.336 e. The number of carbonyl (C=O) groups excluding carboxylic acids is 1. The van der Waals surface area contributed by atoms with Crippen molar-refractivity contribution in [1.82, 2.24) is 9.80 Å². The second kappa shape index (κ2) is 7.00. The summed E-state index contributed by atoms with van der Waals surface area (Å²) < 4.78 is 0. The van der Waals surface area contributed by atoms with Crippen molar-refractivity contribution in [3.8, 4) is 0 Å². The van der Waals surface area contributed by atoms with E-state index in [1.807, 2.05) is 0 Å². The maximum Gasteiger partial charge on any atom is 0.219 e. The second-order valence-corrected chi connectivity index (χ2v) is 5.48. The fourth-order valence-corrected chi connectivity index (χ4v) is 2.90. The molecule has 0 aromatic carbocycles. The van der Waals surface area contributed by atoms with Crippen LogP contribution in [0.15, 0.2) is 0 Å². The van der Waals surface area contributed by atoms with Crippen LogP contribution in [0.4, 0.5) is 0 Å². The third-order valence-corrected chi connectivity index (χ3v) is 3.82. The summed E-state index contributed by atoms with van der Waals surface area (Å²) in [6, 6.07) is 0.871. The van der Waals surface area contributed by atoms with Crippen LogP contribution in [0.2, 0.25) is 0 Å². The van der Waals surface area contributed by atoms with Crippen LogP contribution >= 0.6 is 0 Å². The molecule has 1 aliphatic rings. The highest BCUT2D eigenvalue weighted by Crippen LogP contribution is 2.24. The summed E-state index contributed by atoms with van der Waals surface area (Å²) in [6.45, 7) is 8.29. The Balaban J connectivity index is 2.37. The predicted molar refractivity (Wildman–Crippen MR) is 72.0 cm³/mol. The number of hydrogen-bond acceptors (Lipinski definition) is 2. The monoisotopic (exact) mass is 240 g/mol. The van der Waals surface area contributed by atoms with E-state index in [-0.39, 0.29) is 5.91 Å². The van der Waals surface area contributed by atoms with Gasteiger partial charge in [0.05, 0.1) is 0 Å². The summed E-state index contributed by atoms with van der Waals surface area (Å²) in [5.74, 6) is 0.238. The molecular formula is C14H28N2O. The maximum atomic E-state index is 11.6. The average molecular weight is 240 g/mol. The van der Waals surface area contributed by atoms with Crippen molar-refractivity contribution < 1.29 is 4.79 Å². The van der Waals surface area contributed by atoms with Crippen LogP contribution in [-0.4, -0.2) is 47.9 Å². The van der Waals surface area contributed by atoms with Crippen LogP contribution in [0.3, 0.4) is 0 Å². The van der Waals surface area contributed by atoms with E-state index in [0.717, 1.165) is 19.5 Å². The molecule has 0 saturated carbocycles. The lowest BCUT2D eigenvalue weighted by atomic mass is 10.2. The molecule has 1 rings (SSSR count). The Labute approximate surface area is 106 Å². The lowest BCUT2D eigenvalue weighted by Crippen LogP contribution is -2.44. The molecule has 1 amide bonds. The van der Waals surface area contributed by atoms with Gasteiger partial charge in [0.25, 0.3) is 0 Å². The Kier molecular flexibility index (Phi) is 5.96. The lowest BCUT2D eigenvalue weighted by Gasteiger charge is -2.30. The summed E-state index contributed by atoms with van der Waals surface area (Å²) >= 11 is 0. The summed E-state index contributed by atoms with van der Waals surface area (Å²) in [6.07, 6.45) is 6.18. The standard InChI is InChI=1S/C14H28N2O/c1-5-6-7-10-15(4)11-14-9-8-12(2)16(14)13(3)17/h12,14H,5-11H2,1-4H3/t12-,14-/m1/s1. The smallest absolute Gasteiger partial charge is 0.219 e. The fourth-order valence-electron chi connectivity index (χ4n) is 2.90. The van der Waals surface area contributed by atoms with Gasteiger partial charge in [0.15, 0.2) is 0 Å². The number of carbonyl (C=O) groups is 1. The molecule has 1 fully saturated rings. The molecule has 1 aliphatic heterocycles. The van der Waals surface area contributed by atoms with E-state index in [4.69, 9.17) is 0 Å². The van der Waals surface area contributed by atoms with Gasteiger partial charge in [0.2, 0.25) is 5.91 Å². The minimum absolute atomic E-state index is 0.238. The minimum Gasteiger partial charge on any atom is -0.336 e. The van der Waals surface area contributed by atoms with Crippen LogP contribution in [0.5, 0.6) is 0 Å². The van der Waals surface area contributed by atoms with Crippen molar-refractivity contribution in [3.05, 3.63) is 0 Å². The fraction of sp³-hybridized carbons (Fsp3) is 0.929. The topological polar surface area (TPSA) is 23.6 Å². The van der Waals surface area contributed by atoms with Gasteiger partial charge in [0, 0.05) is 25.6 Å². The molecule has 0 aromatic rings. The molecule has 3 nitrogen and oxygen atoms in total. The molecule has 3 heteroatoms. The Bertz CT molecular complexity index is 242. The van der Waals surface area contributed by atoms with Gasteiger partial charge in [0.1, 0.15) is 0 Å². The number of unbranched alkanes of at least 4 members (excludes halogenated alkanes) is 2. The molecule has 0 aliphatic carbocycles. The van der Waals surface area contributed by atoms with Crippen molar-refractivity contribution in [2.75, 3.05) is 20.1 Å². The van der Waals surface area contributed by atoms with Crippen molar-refractivity contribution >= 4 is 5.91 Å². The molecule has 0 unspecified atom stereocenters. The molecular weight excluding hydrogens is 212 g/mol. The van der Waals surface area contributed by atoms with E-state index in [0.29, 0.717) is 12.1 Å². The van der Waals surface area contributed by atoms with Crippen LogP contribution in [-0.2, 0) is 4.79 Å². The highest BCUT2D eigenvalue weighted by Gasteiger charge is 2.32. The van der Waals surface area contributed by atoms with Crippen LogP contribution in [0, 0.1) is 0 Å². The van der Waals surface area contributed by atoms with Gasteiger partial charge < -0.3 is 9.80 Å². The third-order valence-electron chi connectivity index (χ3n) is 3.82. The van der Waals surface area contributed by atoms with Crippen molar-refractivity contribution in [3.63, 3.8) is 0 Å². The summed E-state index contributed by atoms with van der Waals surface area (Å²) in [7, 11) is 2.18. The average Bonchev–Trinajstić information content (AvgIpc) is 2.60. The Morgan fingerprint density at radius 3 is 2.65 bits per heavy atom. The summed E-state index contributed by atoms with van der Waals surface area (Å²) in [4.78, 5) is 16.1. The molecule has 100 valence electrons. The van der Waals surface area contributed by atoms with E-state index in [1.165, 1.54) is 25.7 Å². The van der Waals surface area contributed by atoms with Crippen LogP contribution in [0.1, 0.15) is 52.9 Å². The van der Waals surface area contributed by atoms with Crippen molar-refractivity contribution in [2.45, 2.75) is 65.0 Å². The van der Waals surface area contributed by atoms with Gasteiger partial charge in [-0.05, 0) is 39.8 Å².